The van der Waals surface area contributed by atoms with E-state index in [9.17, 15) is 12.3 Å². The van der Waals surface area contributed by atoms with Crippen molar-refractivity contribution in [3.8, 4) is 0 Å². The molecule has 0 spiro atoms. The largest absolute Gasteiger partial charge is 0.332 e. The Morgan fingerprint density at radius 3 is 2.86 bits per heavy atom. The van der Waals surface area contributed by atoms with Gasteiger partial charge in [0.25, 0.3) is 0 Å². The SMILES string of the molecule is O=S(=O)(F)c1cccc2c1CCNC2. The van der Waals surface area contributed by atoms with Crippen molar-refractivity contribution in [2.75, 3.05) is 6.54 Å². The van der Waals surface area contributed by atoms with Gasteiger partial charge in [0.1, 0.15) is 4.90 Å². The monoisotopic (exact) mass is 215 g/mol. The summed E-state index contributed by atoms with van der Waals surface area (Å²) in [5.41, 5.74) is 1.49. The standard InChI is InChI=1S/C9H10FNO2S/c10-14(12,13)9-3-1-2-7-6-11-5-4-8(7)9/h1-3,11H,4-6H2. The lowest BCUT2D eigenvalue weighted by molar-refractivity contribution is 0.547. The van der Waals surface area contributed by atoms with Crippen LogP contribution in [0, 0.1) is 0 Å². The van der Waals surface area contributed by atoms with Gasteiger partial charge in [-0.3, -0.25) is 0 Å². The first-order valence-corrected chi connectivity index (χ1v) is 5.73. The summed E-state index contributed by atoms with van der Waals surface area (Å²) in [7, 11) is -4.57. The van der Waals surface area contributed by atoms with Crippen LogP contribution >= 0.6 is 0 Å². The Labute approximate surface area is 82.2 Å². The summed E-state index contributed by atoms with van der Waals surface area (Å²) in [5.74, 6) is 0. The molecule has 0 unspecified atom stereocenters. The number of fused-ring (bicyclic) bond motifs is 1. The van der Waals surface area contributed by atoms with E-state index >= 15 is 0 Å². The van der Waals surface area contributed by atoms with E-state index in [4.69, 9.17) is 0 Å². The Morgan fingerprint density at radius 2 is 2.14 bits per heavy atom. The zero-order chi connectivity index (χ0) is 10.2. The molecule has 1 aromatic carbocycles. The normalized spacial score (nSPS) is 16.4. The fourth-order valence-electron chi connectivity index (χ4n) is 1.73. The predicted molar refractivity (Wildman–Crippen MR) is 50.1 cm³/mol. The molecule has 3 nitrogen and oxygen atoms in total. The van der Waals surface area contributed by atoms with E-state index in [0.29, 0.717) is 25.1 Å². The molecule has 1 aromatic rings. The van der Waals surface area contributed by atoms with Gasteiger partial charge in [-0.2, -0.15) is 8.42 Å². The molecule has 0 saturated carbocycles. The second kappa shape index (κ2) is 3.33. The fraction of sp³-hybridized carbons (Fsp3) is 0.333. The van der Waals surface area contributed by atoms with Crippen LogP contribution in [-0.2, 0) is 23.2 Å². The Morgan fingerprint density at radius 1 is 1.36 bits per heavy atom. The third kappa shape index (κ3) is 1.65. The minimum atomic E-state index is -4.57. The van der Waals surface area contributed by atoms with Gasteiger partial charge in [0.15, 0.2) is 0 Å². The highest BCUT2D eigenvalue weighted by Gasteiger charge is 2.20. The van der Waals surface area contributed by atoms with E-state index in [0.717, 1.165) is 5.56 Å². The van der Waals surface area contributed by atoms with Crippen molar-refractivity contribution >= 4 is 10.2 Å². The molecule has 1 heterocycles. The quantitative estimate of drug-likeness (QED) is 0.711. The first-order chi connectivity index (χ1) is 6.59. The summed E-state index contributed by atoms with van der Waals surface area (Å²) in [6.45, 7) is 1.30. The number of benzene rings is 1. The lowest BCUT2D eigenvalue weighted by Gasteiger charge is -2.18. The zero-order valence-electron chi connectivity index (χ0n) is 7.46. The van der Waals surface area contributed by atoms with E-state index in [1.165, 1.54) is 6.07 Å². The van der Waals surface area contributed by atoms with Crippen molar-refractivity contribution < 1.29 is 12.3 Å². The summed E-state index contributed by atoms with van der Waals surface area (Å²) in [6, 6.07) is 4.70. The number of nitrogens with one attached hydrogen (secondary N) is 1. The molecule has 0 bridgehead atoms. The smallest absolute Gasteiger partial charge is 0.312 e. The average molecular weight is 215 g/mol. The molecule has 0 aliphatic carbocycles. The van der Waals surface area contributed by atoms with Gasteiger partial charge >= 0.3 is 10.2 Å². The first kappa shape index (κ1) is 9.61. The highest BCUT2D eigenvalue weighted by molar-refractivity contribution is 7.86. The predicted octanol–water partition coefficient (Wildman–Crippen LogP) is 0.991. The third-order valence-corrected chi connectivity index (χ3v) is 3.27. The highest BCUT2D eigenvalue weighted by Crippen LogP contribution is 2.23. The Hall–Kier alpha value is -0.940. The molecule has 76 valence electrons. The van der Waals surface area contributed by atoms with Crippen molar-refractivity contribution in [2.24, 2.45) is 0 Å². The molecule has 14 heavy (non-hydrogen) atoms. The van der Waals surface area contributed by atoms with Crippen LogP contribution in [0.2, 0.25) is 0 Å². The summed E-state index contributed by atoms with van der Waals surface area (Å²) in [5, 5.41) is 3.10. The lowest BCUT2D eigenvalue weighted by atomic mass is 10.0. The number of hydrogen-bond donors (Lipinski definition) is 1. The van der Waals surface area contributed by atoms with E-state index in [2.05, 4.69) is 5.32 Å². The van der Waals surface area contributed by atoms with Crippen LogP contribution in [0.1, 0.15) is 11.1 Å². The van der Waals surface area contributed by atoms with Crippen molar-refractivity contribution in [1.82, 2.24) is 5.32 Å². The molecule has 0 saturated heterocycles. The average Bonchev–Trinajstić information content (AvgIpc) is 2.15. The number of halogens is 1. The van der Waals surface area contributed by atoms with E-state index in [1.807, 2.05) is 6.07 Å². The second-order valence-corrected chi connectivity index (χ2v) is 4.57. The molecule has 2 rings (SSSR count). The fourth-order valence-corrected chi connectivity index (χ4v) is 2.49. The van der Waals surface area contributed by atoms with Crippen LogP contribution in [0.5, 0.6) is 0 Å². The molecule has 1 N–H and O–H groups in total. The minimum absolute atomic E-state index is 0.170. The molecule has 1 aliphatic rings. The van der Waals surface area contributed by atoms with Gasteiger partial charge < -0.3 is 5.32 Å². The van der Waals surface area contributed by atoms with Gasteiger partial charge in [0.2, 0.25) is 0 Å². The summed E-state index contributed by atoms with van der Waals surface area (Å²) in [4.78, 5) is -0.170. The minimum Gasteiger partial charge on any atom is -0.312 e. The van der Waals surface area contributed by atoms with Crippen LogP contribution in [0.25, 0.3) is 0 Å². The van der Waals surface area contributed by atoms with Gasteiger partial charge in [0, 0.05) is 6.54 Å². The van der Waals surface area contributed by atoms with Crippen molar-refractivity contribution in [1.29, 1.82) is 0 Å². The topological polar surface area (TPSA) is 46.2 Å². The summed E-state index contributed by atoms with van der Waals surface area (Å²) < 4.78 is 34.5. The second-order valence-electron chi connectivity index (χ2n) is 3.26. The summed E-state index contributed by atoms with van der Waals surface area (Å²) in [6.07, 6.45) is 0.564. The lowest BCUT2D eigenvalue weighted by Crippen LogP contribution is -2.24. The maximum absolute atomic E-state index is 12.9. The van der Waals surface area contributed by atoms with Crippen LogP contribution in [0.3, 0.4) is 0 Å². The van der Waals surface area contributed by atoms with Gasteiger partial charge in [-0.15, -0.1) is 3.89 Å². The summed E-state index contributed by atoms with van der Waals surface area (Å²) >= 11 is 0. The molecule has 0 atom stereocenters. The molecular weight excluding hydrogens is 205 g/mol. The highest BCUT2D eigenvalue weighted by atomic mass is 32.3. The van der Waals surface area contributed by atoms with E-state index < -0.39 is 10.2 Å². The Balaban J connectivity index is 2.62. The molecule has 0 aromatic heterocycles. The van der Waals surface area contributed by atoms with Gasteiger partial charge in [-0.05, 0) is 30.2 Å². The van der Waals surface area contributed by atoms with Crippen LogP contribution in [0.4, 0.5) is 3.89 Å². The van der Waals surface area contributed by atoms with Crippen molar-refractivity contribution in [2.45, 2.75) is 17.9 Å². The maximum atomic E-state index is 12.9. The number of hydrogen-bond acceptors (Lipinski definition) is 3. The van der Waals surface area contributed by atoms with Crippen molar-refractivity contribution in [3.05, 3.63) is 29.3 Å². The molecule has 5 heteroatoms. The molecule has 1 aliphatic heterocycles. The van der Waals surface area contributed by atoms with Gasteiger partial charge in [-0.25, -0.2) is 0 Å². The van der Waals surface area contributed by atoms with Gasteiger partial charge in [-0.1, -0.05) is 12.1 Å². The maximum Gasteiger partial charge on any atom is 0.332 e. The van der Waals surface area contributed by atoms with Crippen LogP contribution in [-0.4, -0.2) is 15.0 Å². The molecular formula is C9H10FNO2S. The van der Waals surface area contributed by atoms with Crippen LogP contribution in [0.15, 0.2) is 23.1 Å². The zero-order valence-corrected chi connectivity index (χ0v) is 8.27. The molecule has 0 amide bonds. The van der Waals surface area contributed by atoms with E-state index in [1.54, 1.807) is 6.07 Å². The third-order valence-electron chi connectivity index (χ3n) is 2.36. The van der Waals surface area contributed by atoms with Crippen molar-refractivity contribution in [3.63, 3.8) is 0 Å². The Bertz CT molecular complexity index is 456. The molecule has 0 fully saturated rings. The Kier molecular flexibility index (Phi) is 2.28. The molecule has 0 radical (unpaired) electrons. The first-order valence-electron chi connectivity index (χ1n) is 4.35. The number of rotatable bonds is 1. The van der Waals surface area contributed by atoms with E-state index in [-0.39, 0.29) is 4.90 Å². The van der Waals surface area contributed by atoms with Crippen LogP contribution < -0.4 is 5.32 Å². The van der Waals surface area contributed by atoms with Gasteiger partial charge in [0.05, 0.1) is 0 Å².